The summed E-state index contributed by atoms with van der Waals surface area (Å²) >= 11 is 6.13. The standard InChI is InChI=1S/C15H20ClN3O3Si/c1-23(2,3)7-6-22-10-19-8-11(4-5-12(20)21)13-14(16)17-9-18-15(13)19/h4-5,8-9H,6-7,10H2,1-3H3,(H,20,21)/b5-4+. The molecule has 0 radical (unpaired) electrons. The summed E-state index contributed by atoms with van der Waals surface area (Å²) in [5.41, 5.74) is 1.28. The molecule has 0 aliphatic heterocycles. The lowest BCUT2D eigenvalue weighted by Gasteiger charge is -2.15. The first-order valence-corrected chi connectivity index (χ1v) is 11.3. The molecule has 0 saturated carbocycles. The predicted octanol–water partition coefficient (Wildman–Crippen LogP) is 3.49. The average Bonchev–Trinajstić information content (AvgIpc) is 2.80. The van der Waals surface area contributed by atoms with Crippen LogP contribution in [0, 0.1) is 0 Å². The SMILES string of the molecule is C[Si](C)(C)CCOCn1cc(/C=C/C(=O)O)c2c(Cl)ncnc21. The lowest BCUT2D eigenvalue weighted by molar-refractivity contribution is -0.131. The molecule has 0 aromatic carbocycles. The monoisotopic (exact) mass is 353 g/mol. The molecule has 6 nitrogen and oxygen atoms in total. The highest BCUT2D eigenvalue weighted by Gasteiger charge is 2.14. The molecule has 0 fully saturated rings. The van der Waals surface area contributed by atoms with Gasteiger partial charge in [0.1, 0.15) is 23.9 Å². The Hall–Kier alpha value is -1.70. The van der Waals surface area contributed by atoms with E-state index in [1.807, 2.05) is 4.57 Å². The van der Waals surface area contributed by atoms with Crippen molar-refractivity contribution in [2.45, 2.75) is 32.4 Å². The van der Waals surface area contributed by atoms with Crippen LogP contribution >= 0.6 is 11.6 Å². The molecule has 0 saturated heterocycles. The number of hydrogen-bond acceptors (Lipinski definition) is 4. The quantitative estimate of drug-likeness (QED) is 0.357. The van der Waals surface area contributed by atoms with Crippen molar-refractivity contribution in [3.63, 3.8) is 0 Å². The van der Waals surface area contributed by atoms with Gasteiger partial charge in [-0.05, 0) is 12.1 Å². The van der Waals surface area contributed by atoms with Gasteiger partial charge in [-0.1, -0.05) is 31.2 Å². The van der Waals surface area contributed by atoms with Gasteiger partial charge >= 0.3 is 5.97 Å². The molecule has 1 N–H and O–H groups in total. The van der Waals surface area contributed by atoms with Crippen molar-refractivity contribution in [3.05, 3.63) is 29.3 Å². The third kappa shape index (κ3) is 4.88. The molecule has 0 bridgehead atoms. The van der Waals surface area contributed by atoms with Gasteiger partial charge in [0.25, 0.3) is 0 Å². The van der Waals surface area contributed by atoms with Gasteiger partial charge in [-0.25, -0.2) is 14.8 Å². The van der Waals surface area contributed by atoms with Crippen molar-refractivity contribution < 1.29 is 14.6 Å². The second-order valence-corrected chi connectivity index (χ2v) is 12.4. The van der Waals surface area contributed by atoms with E-state index in [0.29, 0.717) is 35.1 Å². The zero-order valence-electron chi connectivity index (χ0n) is 13.4. The Kier molecular flexibility index (Phi) is 5.56. The van der Waals surface area contributed by atoms with Crippen LogP contribution < -0.4 is 0 Å². The van der Waals surface area contributed by atoms with Crippen molar-refractivity contribution in [1.29, 1.82) is 0 Å². The molecule has 2 aromatic heterocycles. The molecule has 0 atom stereocenters. The largest absolute Gasteiger partial charge is 0.478 e. The molecule has 0 spiro atoms. The van der Waals surface area contributed by atoms with Crippen LogP contribution in [0.25, 0.3) is 17.1 Å². The van der Waals surface area contributed by atoms with E-state index < -0.39 is 14.0 Å². The fourth-order valence-corrected chi connectivity index (χ4v) is 3.04. The number of carbonyl (C=O) groups is 1. The van der Waals surface area contributed by atoms with Crippen molar-refractivity contribution >= 4 is 42.8 Å². The fourth-order valence-electron chi connectivity index (χ4n) is 2.04. The highest BCUT2D eigenvalue weighted by atomic mass is 35.5. The summed E-state index contributed by atoms with van der Waals surface area (Å²) < 4.78 is 7.55. The Morgan fingerprint density at radius 3 is 2.83 bits per heavy atom. The number of fused-ring (bicyclic) bond motifs is 1. The van der Waals surface area contributed by atoms with E-state index in [9.17, 15) is 4.79 Å². The van der Waals surface area contributed by atoms with Gasteiger partial charge in [-0.3, -0.25) is 0 Å². The van der Waals surface area contributed by atoms with E-state index in [4.69, 9.17) is 21.4 Å². The molecule has 2 aromatic rings. The second kappa shape index (κ2) is 7.25. The van der Waals surface area contributed by atoms with Crippen LogP contribution in [0.4, 0.5) is 0 Å². The minimum absolute atomic E-state index is 0.292. The van der Waals surface area contributed by atoms with Gasteiger partial charge in [0.15, 0.2) is 0 Å². The summed E-state index contributed by atoms with van der Waals surface area (Å²) in [5, 5.41) is 9.71. The maximum atomic E-state index is 10.7. The van der Waals surface area contributed by atoms with Crippen LogP contribution in [0.3, 0.4) is 0 Å². The number of carboxylic acid groups (broad SMARTS) is 1. The van der Waals surface area contributed by atoms with Crippen molar-refractivity contribution in [2.24, 2.45) is 0 Å². The van der Waals surface area contributed by atoms with Gasteiger partial charge < -0.3 is 14.4 Å². The Bertz CT molecular complexity index is 737. The minimum Gasteiger partial charge on any atom is -0.478 e. The molecule has 2 heterocycles. The van der Waals surface area contributed by atoms with E-state index >= 15 is 0 Å². The number of rotatable bonds is 7. The van der Waals surface area contributed by atoms with Crippen LogP contribution in [0.2, 0.25) is 30.8 Å². The maximum absolute atomic E-state index is 10.7. The first-order chi connectivity index (χ1) is 10.8. The summed E-state index contributed by atoms with van der Waals surface area (Å²) in [6.07, 6.45) is 5.71. The van der Waals surface area contributed by atoms with E-state index in [-0.39, 0.29) is 0 Å². The fraction of sp³-hybridized carbons (Fsp3) is 0.400. The summed E-state index contributed by atoms with van der Waals surface area (Å²) in [4.78, 5) is 18.9. The molecule has 0 aliphatic carbocycles. The first-order valence-electron chi connectivity index (χ1n) is 7.26. The molecule has 2 rings (SSSR count). The van der Waals surface area contributed by atoms with E-state index in [1.165, 1.54) is 12.4 Å². The van der Waals surface area contributed by atoms with E-state index in [0.717, 1.165) is 12.1 Å². The normalized spacial score (nSPS) is 12.3. The Morgan fingerprint density at radius 1 is 1.43 bits per heavy atom. The molecule has 8 heteroatoms. The van der Waals surface area contributed by atoms with Gasteiger partial charge in [-0.15, -0.1) is 0 Å². The van der Waals surface area contributed by atoms with E-state index in [2.05, 4.69) is 29.6 Å². The van der Waals surface area contributed by atoms with Gasteiger partial charge in [0.05, 0.1) is 5.39 Å². The molecule has 124 valence electrons. The topological polar surface area (TPSA) is 77.2 Å². The highest BCUT2D eigenvalue weighted by Crippen LogP contribution is 2.26. The number of aromatic nitrogens is 3. The zero-order valence-corrected chi connectivity index (χ0v) is 15.2. The number of ether oxygens (including phenoxy) is 1. The van der Waals surface area contributed by atoms with Crippen LogP contribution in [-0.2, 0) is 16.3 Å². The predicted molar refractivity (Wildman–Crippen MR) is 93.3 cm³/mol. The maximum Gasteiger partial charge on any atom is 0.328 e. The minimum atomic E-state index is -1.14. The Labute approximate surface area is 140 Å². The Morgan fingerprint density at radius 2 is 2.17 bits per heavy atom. The molecule has 0 amide bonds. The summed E-state index contributed by atoms with van der Waals surface area (Å²) in [5.74, 6) is -1.02. The summed E-state index contributed by atoms with van der Waals surface area (Å²) in [6.45, 7) is 7.92. The lowest BCUT2D eigenvalue weighted by atomic mass is 10.2. The number of hydrogen-bond donors (Lipinski definition) is 1. The summed E-state index contributed by atoms with van der Waals surface area (Å²) in [7, 11) is -1.14. The molecule has 0 aliphatic rings. The number of halogens is 1. The average molecular weight is 354 g/mol. The van der Waals surface area contributed by atoms with Crippen LogP contribution in [0.5, 0.6) is 0 Å². The first kappa shape index (κ1) is 17.6. The van der Waals surface area contributed by atoms with Gasteiger partial charge in [0.2, 0.25) is 0 Å². The molecule has 23 heavy (non-hydrogen) atoms. The van der Waals surface area contributed by atoms with Crippen molar-refractivity contribution in [1.82, 2.24) is 14.5 Å². The molecule has 0 unspecified atom stereocenters. The third-order valence-corrected chi connectivity index (χ3v) is 5.26. The third-order valence-electron chi connectivity index (χ3n) is 3.27. The second-order valence-electron chi connectivity index (χ2n) is 6.44. The van der Waals surface area contributed by atoms with Crippen LogP contribution in [0.1, 0.15) is 5.56 Å². The van der Waals surface area contributed by atoms with Gasteiger partial charge in [-0.2, -0.15) is 0 Å². The lowest BCUT2D eigenvalue weighted by Crippen LogP contribution is -2.22. The number of aliphatic carboxylic acids is 1. The smallest absolute Gasteiger partial charge is 0.328 e. The van der Waals surface area contributed by atoms with Crippen LogP contribution in [0.15, 0.2) is 18.6 Å². The molecular weight excluding hydrogens is 334 g/mol. The highest BCUT2D eigenvalue weighted by molar-refractivity contribution is 6.76. The summed E-state index contributed by atoms with van der Waals surface area (Å²) in [6, 6.07) is 1.08. The van der Waals surface area contributed by atoms with E-state index in [1.54, 1.807) is 6.20 Å². The van der Waals surface area contributed by atoms with Gasteiger partial charge in [0, 0.05) is 32.5 Å². The molecular formula is C15H20ClN3O3Si. The van der Waals surface area contributed by atoms with Crippen molar-refractivity contribution in [2.75, 3.05) is 6.61 Å². The zero-order chi connectivity index (χ0) is 17.0. The van der Waals surface area contributed by atoms with Crippen LogP contribution in [-0.4, -0.2) is 40.3 Å². The number of carboxylic acids is 1. The van der Waals surface area contributed by atoms with Crippen molar-refractivity contribution in [3.8, 4) is 0 Å². The number of nitrogens with zero attached hydrogens (tertiary/aromatic N) is 3. The Balaban J connectivity index is 2.23.